The van der Waals surface area contributed by atoms with Gasteiger partial charge in [0.25, 0.3) is 0 Å². The van der Waals surface area contributed by atoms with Gasteiger partial charge in [-0.1, -0.05) is 140 Å². The van der Waals surface area contributed by atoms with Gasteiger partial charge in [0.2, 0.25) is 0 Å². The molecule has 8 aromatic rings. The Kier molecular flexibility index (Phi) is 11.3. The molecular weight excluding hydrogens is 809 g/mol. The van der Waals surface area contributed by atoms with Crippen LogP contribution in [0.15, 0.2) is 146 Å². The van der Waals surface area contributed by atoms with Crippen LogP contribution in [0.1, 0.15) is 77.3 Å². The zero-order valence-electron chi connectivity index (χ0n) is 38.2. The fourth-order valence-corrected chi connectivity index (χ4v) is 9.02. The average Bonchev–Trinajstić information content (AvgIpc) is 4.17. The molecule has 0 spiro atoms. The van der Waals surface area contributed by atoms with Crippen molar-refractivity contribution in [3.63, 3.8) is 0 Å². The van der Waals surface area contributed by atoms with Crippen molar-refractivity contribution in [3.8, 4) is 50.3 Å². The number of rotatable bonds is 9. The Morgan fingerprint density at radius 2 is 0.788 bits per heavy atom. The fraction of sp³-hybridized carbons (Fsp3) is 0.150. The first-order valence-corrected chi connectivity index (χ1v) is 22.8. The SMILES string of the molecule is Cc1ccc(-c2c3nc(c(-c4ccc(C)cc4)c4ccc([nH]4)c(-c4ccc(OC(=O)[C@@H](C)c5ccc(CC(C)C)cc5)cc4)c4nc(c(-c5ccc(C)cc5)c5ccc2[nH]5)C=C4)C=C3)cc1. The molecule has 324 valence electrons. The lowest BCUT2D eigenvalue weighted by Gasteiger charge is -2.13. The number of nitrogens with one attached hydrogen (secondary N) is 2. The summed E-state index contributed by atoms with van der Waals surface area (Å²) < 4.78 is 6.00. The van der Waals surface area contributed by atoms with E-state index in [1.54, 1.807) is 0 Å². The highest BCUT2D eigenvalue weighted by Gasteiger charge is 2.21. The van der Waals surface area contributed by atoms with Crippen LogP contribution in [0, 0.1) is 26.7 Å². The van der Waals surface area contributed by atoms with Gasteiger partial charge in [0, 0.05) is 44.3 Å². The molecule has 3 aromatic heterocycles. The van der Waals surface area contributed by atoms with Crippen LogP contribution < -0.4 is 4.74 Å². The smallest absolute Gasteiger partial charge is 0.318 e. The highest BCUT2D eigenvalue weighted by atomic mass is 16.5. The Bertz CT molecular complexity index is 3310. The van der Waals surface area contributed by atoms with Crippen molar-refractivity contribution in [2.24, 2.45) is 5.92 Å². The van der Waals surface area contributed by atoms with Crippen LogP contribution in [0.25, 0.3) is 90.9 Å². The van der Waals surface area contributed by atoms with Gasteiger partial charge in [-0.3, -0.25) is 4.79 Å². The number of benzene rings is 5. The zero-order chi connectivity index (χ0) is 45.5. The van der Waals surface area contributed by atoms with Crippen LogP contribution in [-0.4, -0.2) is 25.9 Å². The highest BCUT2D eigenvalue weighted by Crippen LogP contribution is 2.39. The highest BCUT2D eigenvalue weighted by molar-refractivity contribution is 6.00. The number of carbonyl (C=O) groups excluding carboxylic acids is 1. The molecule has 0 saturated carbocycles. The number of aryl methyl sites for hydroxylation is 3. The molecule has 6 heteroatoms. The Labute approximate surface area is 386 Å². The predicted molar refractivity (Wildman–Crippen MR) is 274 cm³/mol. The maximum atomic E-state index is 13.5. The third-order valence-corrected chi connectivity index (χ3v) is 12.6. The molecule has 2 aliphatic rings. The van der Waals surface area contributed by atoms with Gasteiger partial charge in [0.1, 0.15) is 5.75 Å². The Hall–Kier alpha value is -7.83. The number of ether oxygens (including phenoxy) is 1. The van der Waals surface area contributed by atoms with E-state index in [0.29, 0.717) is 11.7 Å². The maximum Gasteiger partial charge on any atom is 0.318 e. The molecule has 5 aromatic carbocycles. The number of carbonyl (C=O) groups is 1. The summed E-state index contributed by atoms with van der Waals surface area (Å²) in [4.78, 5) is 32.1. The maximum absolute atomic E-state index is 13.5. The lowest BCUT2D eigenvalue weighted by molar-refractivity contribution is -0.135. The van der Waals surface area contributed by atoms with E-state index in [0.717, 1.165) is 101 Å². The molecule has 1 atom stereocenters. The minimum absolute atomic E-state index is 0.299. The second-order valence-electron chi connectivity index (χ2n) is 18.1. The summed E-state index contributed by atoms with van der Waals surface area (Å²) in [6.07, 6.45) is 9.47. The van der Waals surface area contributed by atoms with Crippen LogP contribution in [0.3, 0.4) is 0 Å². The predicted octanol–water partition coefficient (Wildman–Crippen LogP) is 15.2. The number of nitrogens with zero attached hydrogens (tertiary/aromatic N) is 2. The van der Waals surface area contributed by atoms with Crippen LogP contribution >= 0.6 is 0 Å². The first-order chi connectivity index (χ1) is 32.0. The number of fused-ring (bicyclic) bond motifs is 8. The number of hydrogen-bond acceptors (Lipinski definition) is 4. The summed E-state index contributed by atoms with van der Waals surface area (Å²) in [6.45, 7) is 12.6. The molecule has 0 unspecified atom stereocenters. The molecule has 0 saturated heterocycles. The second-order valence-corrected chi connectivity index (χ2v) is 18.1. The van der Waals surface area contributed by atoms with E-state index < -0.39 is 5.92 Å². The Morgan fingerprint density at radius 1 is 0.455 bits per heavy atom. The molecule has 0 radical (unpaired) electrons. The first kappa shape index (κ1) is 42.1. The number of H-pyrrole nitrogens is 2. The van der Waals surface area contributed by atoms with Crippen LogP contribution in [0.4, 0.5) is 0 Å². The molecule has 5 heterocycles. The Morgan fingerprint density at radius 3 is 1.12 bits per heavy atom. The first-order valence-electron chi connectivity index (χ1n) is 22.8. The van der Waals surface area contributed by atoms with E-state index in [1.165, 1.54) is 22.3 Å². The fourth-order valence-electron chi connectivity index (χ4n) is 9.02. The summed E-state index contributed by atoms with van der Waals surface area (Å²) in [5, 5.41) is 0. The largest absolute Gasteiger partial charge is 0.426 e. The lowest BCUT2D eigenvalue weighted by Crippen LogP contribution is -2.16. The summed E-state index contributed by atoms with van der Waals surface area (Å²) in [5.41, 5.74) is 20.9. The zero-order valence-corrected chi connectivity index (χ0v) is 38.2. The van der Waals surface area contributed by atoms with Crippen molar-refractivity contribution in [1.82, 2.24) is 19.9 Å². The van der Waals surface area contributed by atoms with Gasteiger partial charge in [-0.05, 0) is 134 Å². The molecule has 10 rings (SSSR count). The van der Waals surface area contributed by atoms with E-state index >= 15 is 0 Å². The molecule has 66 heavy (non-hydrogen) atoms. The lowest BCUT2D eigenvalue weighted by atomic mass is 9.97. The summed E-state index contributed by atoms with van der Waals surface area (Å²) in [6, 6.07) is 50.6. The minimum Gasteiger partial charge on any atom is -0.426 e. The molecule has 2 N–H and O–H groups in total. The average molecular weight is 861 g/mol. The van der Waals surface area contributed by atoms with E-state index in [4.69, 9.17) is 14.7 Å². The number of hydrogen-bond donors (Lipinski definition) is 2. The van der Waals surface area contributed by atoms with Crippen molar-refractivity contribution < 1.29 is 9.53 Å². The molecule has 6 nitrogen and oxygen atoms in total. The standard InChI is InChI=1S/C60H52N4O2/c1-36(2)35-41-13-21-42(22-14-41)40(6)60(65)66-47-25-23-46(24-26-47)59-54-33-31-52(63-54)57(44-17-9-38(4)10-18-44)50-29-27-48(61-50)56(43-15-7-37(3)8-16-43)49-28-30-51(62-49)58(53-32-34-55(59)64-53)45-19-11-39(5)12-20-45/h7-34,36,40,61,64H,35H2,1-6H3/t40-/m0/s1. The molecule has 2 aliphatic heterocycles. The van der Waals surface area contributed by atoms with Crippen molar-refractivity contribution in [2.75, 3.05) is 0 Å². The molecule has 8 bridgehead atoms. The third kappa shape index (κ3) is 8.46. The molecule has 0 fully saturated rings. The van der Waals surface area contributed by atoms with Crippen molar-refractivity contribution in [1.29, 1.82) is 0 Å². The van der Waals surface area contributed by atoms with Crippen LogP contribution in [0.5, 0.6) is 5.75 Å². The van der Waals surface area contributed by atoms with E-state index in [-0.39, 0.29) is 5.97 Å². The van der Waals surface area contributed by atoms with Gasteiger partial charge in [0.05, 0.1) is 28.7 Å². The van der Waals surface area contributed by atoms with Crippen LogP contribution in [-0.2, 0) is 11.2 Å². The van der Waals surface area contributed by atoms with Crippen molar-refractivity contribution in [3.05, 3.63) is 196 Å². The van der Waals surface area contributed by atoms with Gasteiger partial charge in [-0.15, -0.1) is 0 Å². The monoisotopic (exact) mass is 860 g/mol. The number of esters is 1. The molecule has 0 aliphatic carbocycles. The minimum atomic E-state index is -0.418. The van der Waals surface area contributed by atoms with Gasteiger partial charge in [0.15, 0.2) is 0 Å². The third-order valence-electron chi connectivity index (χ3n) is 12.6. The summed E-state index contributed by atoms with van der Waals surface area (Å²) in [5.74, 6) is 0.331. The molecule has 0 amide bonds. The van der Waals surface area contributed by atoms with E-state index in [9.17, 15) is 4.79 Å². The quantitative estimate of drug-likeness (QED) is 0.112. The Balaban J connectivity index is 1.18. The van der Waals surface area contributed by atoms with Gasteiger partial charge in [-0.25, -0.2) is 9.97 Å². The molecular formula is C60H52N4O2. The normalized spacial score (nSPS) is 12.5. The van der Waals surface area contributed by atoms with E-state index in [2.05, 4.69) is 178 Å². The van der Waals surface area contributed by atoms with Crippen molar-refractivity contribution >= 4 is 52.3 Å². The number of aromatic amines is 2. The summed E-state index contributed by atoms with van der Waals surface area (Å²) in [7, 11) is 0. The van der Waals surface area contributed by atoms with Crippen LogP contribution in [0.2, 0.25) is 0 Å². The topological polar surface area (TPSA) is 83.7 Å². The van der Waals surface area contributed by atoms with Gasteiger partial charge >= 0.3 is 5.97 Å². The van der Waals surface area contributed by atoms with Gasteiger partial charge in [-0.2, -0.15) is 0 Å². The number of aromatic nitrogens is 4. The van der Waals surface area contributed by atoms with E-state index in [1.807, 2.05) is 43.3 Å². The second kappa shape index (κ2) is 17.6. The van der Waals surface area contributed by atoms with Gasteiger partial charge < -0.3 is 14.7 Å². The van der Waals surface area contributed by atoms with Crippen molar-refractivity contribution in [2.45, 2.75) is 53.9 Å². The summed E-state index contributed by atoms with van der Waals surface area (Å²) >= 11 is 0.